The molecule has 2 heterocycles. The highest BCUT2D eigenvalue weighted by molar-refractivity contribution is 5.86. The number of ether oxygens (including phenoxy) is 1. The average Bonchev–Trinajstić information content (AvgIpc) is 2.98. The van der Waals surface area contributed by atoms with E-state index in [9.17, 15) is 4.79 Å². The molecule has 1 amide bonds. The monoisotopic (exact) mass is 307 g/mol. The van der Waals surface area contributed by atoms with E-state index in [1.165, 1.54) is 0 Å². The summed E-state index contributed by atoms with van der Waals surface area (Å²) in [4.78, 5) is 20.1. The lowest BCUT2D eigenvalue weighted by Gasteiger charge is -2.07. The normalized spacial score (nSPS) is 10.3. The highest BCUT2D eigenvalue weighted by Gasteiger charge is 2.13. The molecule has 0 saturated heterocycles. The summed E-state index contributed by atoms with van der Waals surface area (Å²) in [5.74, 6) is 2.67. The van der Waals surface area contributed by atoms with Gasteiger partial charge in [-0.2, -0.15) is 4.98 Å². The van der Waals surface area contributed by atoms with Crippen molar-refractivity contribution in [2.24, 2.45) is 0 Å². The van der Waals surface area contributed by atoms with Crippen LogP contribution in [0.5, 0.6) is 0 Å². The number of carbonyl (C=O) groups is 1. The van der Waals surface area contributed by atoms with Crippen molar-refractivity contribution in [3.8, 4) is 23.8 Å². The molecule has 6 heteroatoms. The van der Waals surface area contributed by atoms with Crippen LogP contribution in [-0.4, -0.2) is 22.7 Å². The van der Waals surface area contributed by atoms with Gasteiger partial charge in [-0.05, 0) is 36.8 Å². The molecule has 0 atom stereocenters. The molecule has 6 nitrogen and oxygen atoms in total. The second-order valence-corrected chi connectivity index (χ2v) is 4.78. The van der Waals surface area contributed by atoms with Crippen LogP contribution in [0.15, 0.2) is 40.9 Å². The third kappa shape index (κ3) is 3.14. The molecule has 0 unspecified atom stereocenters. The Hall–Kier alpha value is -3.33. The standard InChI is InChI=1S/C17H13N3O3/c1-3-9-22-17(21)19-12-7-6-11(2)13(10-12)16-20-15-14(23-16)5-4-8-18-15/h1,4-8,10H,9H2,2H3,(H,19,21). The molecular formula is C17H13N3O3. The van der Waals surface area contributed by atoms with Gasteiger partial charge in [0.05, 0.1) is 0 Å². The number of terminal acetylenes is 1. The molecule has 0 spiro atoms. The third-order valence-corrected chi connectivity index (χ3v) is 3.17. The fraction of sp³-hybridized carbons (Fsp3) is 0.118. The van der Waals surface area contributed by atoms with E-state index in [2.05, 4.69) is 21.2 Å². The first-order valence-corrected chi connectivity index (χ1v) is 6.87. The Morgan fingerprint density at radius 1 is 1.43 bits per heavy atom. The predicted octanol–water partition coefficient (Wildman–Crippen LogP) is 3.38. The Labute approximate surface area is 132 Å². The number of pyridine rings is 1. The van der Waals surface area contributed by atoms with Gasteiger partial charge in [-0.3, -0.25) is 5.32 Å². The van der Waals surface area contributed by atoms with Crippen LogP contribution < -0.4 is 5.32 Å². The highest BCUT2D eigenvalue weighted by Crippen LogP contribution is 2.28. The average molecular weight is 307 g/mol. The molecule has 23 heavy (non-hydrogen) atoms. The zero-order chi connectivity index (χ0) is 16.2. The number of anilines is 1. The molecule has 0 fully saturated rings. The van der Waals surface area contributed by atoms with Gasteiger partial charge in [0, 0.05) is 17.4 Å². The topological polar surface area (TPSA) is 77.2 Å². The summed E-state index contributed by atoms with van der Waals surface area (Å²) in [6.45, 7) is 1.85. The highest BCUT2D eigenvalue weighted by atomic mass is 16.5. The van der Waals surface area contributed by atoms with Gasteiger partial charge in [0.1, 0.15) is 0 Å². The van der Waals surface area contributed by atoms with Crippen molar-refractivity contribution in [2.45, 2.75) is 6.92 Å². The van der Waals surface area contributed by atoms with Crippen LogP contribution in [0, 0.1) is 19.3 Å². The minimum absolute atomic E-state index is 0.0820. The smallest absolute Gasteiger partial charge is 0.412 e. The number of hydrogen-bond acceptors (Lipinski definition) is 5. The lowest BCUT2D eigenvalue weighted by atomic mass is 10.1. The van der Waals surface area contributed by atoms with Gasteiger partial charge in [-0.1, -0.05) is 12.0 Å². The number of rotatable bonds is 3. The quantitative estimate of drug-likeness (QED) is 0.751. The molecule has 2 aromatic heterocycles. The molecule has 1 N–H and O–H groups in total. The number of carbonyl (C=O) groups excluding carboxylic acids is 1. The Balaban J connectivity index is 1.91. The van der Waals surface area contributed by atoms with Crippen molar-refractivity contribution in [3.63, 3.8) is 0 Å². The van der Waals surface area contributed by atoms with Crippen molar-refractivity contribution in [2.75, 3.05) is 11.9 Å². The number of fused-ring (bicyclic) bond motifs is 1. The lowest BCUT2D eigenvalue weighted by Crippen LogP contribution is -2.13. The van der Waals surface area contributed by atoms with Crippen molar-refractivity contribution in [1.29, 1.82) is 0 Å². The van der Waals surface area contributed by atoms with Gasteiger partial charge in [0.15, 0.2) is 17.8 Å². The predicted molar refractivity (Wildman–Crippen MR) is 85.8 cm³/mol. The van der Waals surface area contributed by atoms with Crippen LogP contribution in [-0.2, 0) is 4.74 Å². The minimum atomic E-state index is -0.614. The van der Waals surface area contributed by atoms with Gasteiger partial charge in [-0.15, -0.1) is 6.42 Å². The lowest BCUT2D eigenvalue weighted by molar-refractivity contribution is 0.176. The van der Waals surface area contributed by atoms with E-state index in [4.69, 9.17) is 15.6 Å². The molecule has 0 aliphatic rings. The van der Waals surface area contributed by atoms with Gasteiger partial charge in [0.25, 0.3) is 0 Å². The molecule has 0 bridgehead atoms. The van der Waals surface area contributed by atoms with Crippen molar-refractivity contribution in [1.82, 2.24) is 9.97 Å². The summed E-state index contributed by atoms with van der Waals surface area (Å²) in [6, 6.07) is 8.96. The molecule has 0 aliphatic heterocycles. The maximum atomic E-state index is 11.6. The second-order valence-electron chi connectivity index (χ2n) is 4.78. The second kappa shape index (κ2) is 6.20. The fourth-order valence-electron chi connectivity index (χ4n) is 2.08. The van der Waals surface area contributed by atoms with Gasteiger partial charge in [-0.25, -0.2) is 9.78 Å². The Morgan fingerprint density at radius 2 is 2.30 bits per heavy atom. The molecular weight excluding hydrogens is 294 g/mol. The van der Waals surface area contributed by atoms with E-state index in [1.807, 2.05) is 13.0 Å². The summed E-state index contributed by atoms with van der Waals surface area (Å²) in [6.07, 6.45) is 6.09. The first-order valence-electron chi connectivity index (χ1n) is 6.87. The van der Waals surface area contributed by atoms with E-state index in [-0.39, 0.29) is 6.61 Å². The van der Waals surface area contributed by atoms with Crippen molar-refractivity contribution in [3.05, 3.63) is 42.1 Å². The summed E-state index contributed by atoms with van der Waals surface area (Å²) < 4.78 is 10.5. The van der Waals surface area contributed by atoms with E-state index < -0.39 is 6.09 Å². The van der Waals surface area contributed by atoms with E-state index in [1.54, 1.807) is 30.5 Å². The molecule has 114 valence electrons. The first kappa shape index (κ1) is 14.6. The Bertz CT molecular complexity index is 876. The SMILES string of the molecule is C#CCOC(=O)Nc1ccc(C)c(-c2nc3ncccc3o2)c1. The van der Waals surface area contributed by atoms with Crippen LogP contribution in [0.3, 0.4) is 0 Å². The molecule has 0 saturated carbocycles. The molecule has 3 aromatic rings. The van der Waals surface area contributed by atoms with E-state index in [0.29, 0.717) is 22.8 Å². The molecule has 3 rings (SSSR count). The molecule has 1 aromatic carbocycles. The maximum Gasteiger partial charge on any atom is 0.412 e. The van der Waals surface area contributed by atoms with E-state index in [0.717, 1.165) is 11.1 Å². The van der Waals surface area contributed by atoms with Crippen molar-refractivity contribution >= 4 is 23.0 Å². The largest absolute Gasteiger partial charge is 0.436 e. The summed E-state index contributed by atoms with van der Waals surface area (Å²) in [5.41, 5.74) is 3.42. The number of nitrogens with one attached hydrogen (secondary N) is 1. The Morgan fingerprint density at radius 3 is 3.09 bits per heavy atom. The number of aryl methyl sites for hydroxylation is 1. The molecule has 0 aliphatic carbocycles. The third-order valence-electron chi connectivity index (χ3n) is 3.17. The maximum absolute atomic E-state index is 11.6. The van der Waals surface area contributed by atoms with Gasteiger partial charge in [0.2, 0.25) is 5.89 Å². The van der Waals surface area contributed by atoms with Crippen LogP contribution >= 0.6 is 0 Å². The number of oxazole rings is 1. The van der Waals surface area contributed by atoms with Gasteiger partial charge >= 0.3 is 6.09 Å². The van der Waals surface area contributed by atoms with Crippen LogP contribution in [0.1, 0.15) is 5.56 Å². The molecule has 0 radical (unpaired) electrons. The Kier molecular flexibility index (Phi) is 3.93. The van der Waals surface area contributed by atoms with Crippen molar-refractivity contribution < 1.29 is 13.9 Å². The minimum Gasteiger partial charge on any atom is -0.436 e. The van der Waals surface area contributed by atoms with Gasteiger partial charge < -0.3 is 9.15 Å². The number of nitrogens with zero attached hydrogens (tertiary/aromatic N) is 2. The van der Waals surface area contributed by atoms with Crippen LogP contribution in [0.4, 0.5) is 10.5 Å². The number of amides is 1. The first-order chi connectivity index (χ1) is 11.2. The number of hydrogen-bond donors (Lipinski definition) is 1. The van der Waals surface area contributed by atoms with Crippen LogP contribution in [0.25, 0.3) is 22.7 Å². The van der Waals surface area contributed by atoms with Crippen LogP contribution in [0.2, 0.25) is 0 Å². The van der Waals surface area contributed by atoms with E-state index >= 15 is 0 Å². The zero-order valence-corrected chi connectivity index (χ0v) is 12.4. The summed E-state index contributed by atoms with van der Waals surface area (Å²) in [7, 11) is 0. The number of benzene rings is 1. The summed E-state index contributed by atoms with van der Waals surface area (Å²) in [5, 5.41) is 2.61. The summed E-state index contributed by atoms with van der Waals surface area (Å²) >= 11 is 0. The fourth-order valence-corrected chi connectivity index (χ4v) is 2.08. The zero-order valence-electron chi connectivity index (χ0n) is 12.4. The number of aromatic nitrogens is 2.